The predicted molar refractivity (Wildman–Crippen MR) is 72.7 cm³/mol. The zero-order valence-corrected chi connectivity index (χ0v) is 10.8. The first-order chi connectivity index (χ1) is 8.81. The summed E-state index contributed by atoms with van der Waals surface area (Å²) in [7, 11) is 0. The third kappa shape index (κ3) is 1.94. The molecule has 1 aliphatic heterocycles. The maximum atomic E-state index is 7.85. The van der Waals surface area contributed by atoms with Crippen molar-refractivity contribution in [1.82, 2.24) is 0 Å². The molecule has 1 aromatic rings. The van der Waals surface area contributed by atoms with E-state index >= 15 is 0 Å². The molecular weight excluding hydrogens is 222 g/mol. The number of rotatable bonds is 2. The van der Waals surface area contributed by atoms with Gasteiger partial charge in [0.1, 0.15) is 5.60 Å². The summed E-state index contributed by atoms with van der Waals surface area (Å²) in [4.78, 5) is 0. The molecule has 0 spiro atoms. The van der Waals surface area contributed by atoms with Gasteiger partial charge in [-0.15, -0.1) is 0 Å². The molecule has 1 N–H and O–H groups in total. The Balaban J connectivity index is 1.96. The van der Waals surface area contributed by atoms with Crippen molar-refractivity contribution in [2.45, 2.75) is 50.5 Å². The summed E-state index contributed by atoms with van der Waals surface area (Å²) in [5.41, 5.74) is 1.08. The summed E-state index contributed by atoms with van der Waals surface area (Å²) in [6.07, 6.45) is 8.28. The minimum atomic E-state index is -0.196. The Morgan fingerprint density at radius 3 is 2.39 bits per heavy atom. The summed E-state index contributed by atoms with van der Waals surface area (Å²) in [6.45, 7) is 0. The van der Waals surface area contributed by atoms with Crippen molar-refractivity contribution < 1.29 is 4.74 Å². The molecule has 2 aliphatic rings. The van der Waals surface area contributed by atoms with Crippen LogP contribution in [0.5, 0.6) is 0 Å². The van der Waals surface area contributed by atoms with Crippen LogP contribution >= 0.6 is 0 Å². The highest BCUT2D eigenvalue weighted by Crippen LogP contribution is 2.48. The van der Waals surface area contributed by atoms with Crippen molar-refractivity contribution in [2.24, 2.45) is 5.92 Å². The number of benzene rings is 1. The highest BCUT2D eigenvalue weighted by Gasteiger charge is 2.46. The normalized spacial score (nSPS) is 29.2. The Morgan fingerprint density at radius 1 is 1.06 bits per heavy atom. The van der Waals surface area contributed by atoms with E-state index in [1.807, 2.05) is 0 Å². The predicted octanol–water partition coefficient (Wildman–Crippen LogP) is 4.25. The Hall–Kier alpha value is -1.31. The Kier molecular flexibility index (Phi) is 3.11. The average Bonchev–Trinajstić information content (AvgIpc) is 2.84. The molecule has 1 heterocycles. The molecule has 18 heavy (non-hydrogen) atoms. The SMILES string of the molecule is N=C1CCC(c2ccccc2)(C2CCCCC2)O1. The van der Waals surface area contributed by atoms with Crippen LogP contribution in [0.3, 0.4) is 0 Å². The Labute approximate surface area is 109 Å². The van der Waals surface area contributed by atoms with E-state index in [1.54, 1.807) is 0 Å². The van der Waals surface area contributed by atoms with Gasteiger partial charge in [-0.25, -0.2) is 0 Å². The second kappa shape index (κ2) is 4.75. The van der Waals surface area contributed by atoms with E-state index in [4.69, 9.17) is 10.1 Å². The Bertz CT molecular complexity index is 422. The first kappa shape index (κ1) is 11.8. The summed E-state index contributed by atoms with van der Waals surface area (Å²) < 4.78 is 6.06. The molecular formula is C16H21NO. The van der Waals surface area contributed by atoms with Crippen LogP contribution in [0.25, 0.3) is 0 Å². The lowest BCUT2D eigenvalue weighted by Gasteiger charge is -2.39. The van der Waals surface area contributed by atoms with Crippen molar-refractivity contribution in [2.75, 3.05) is 0 Å². The minimum Gasteiger partial charge on any atom is -0.470 e. The number of hydrogen-bond acceptors (Lipinski definition) is 2. The maximum Gasteiger partial charge on any atom is 0.181 e. The van der Waals surface area contributed by atoms with Gasteiger partial charge in [-0.1, -0.05) is 49.6 Å². The average molecular weight is 243 g/mol. The second-order valence-electron chi connectivity index (χ2n) is 5.62. The molecule has 0 aromatic heterocycles. The van der Waals surface area contributed by atoms with E-state index < -0.39 is 0 Å². The quantitative estimate of drug-likeness (QED) is 0.827. The monoisotopic (exact) mass is 243 g/mol. The van der Waals surface area contributed by atoms with Gasteiger partial charge in [-0.05, 0) is 18.4 Å². The minimum absolute atomic E-state index is 0.196. The van der Waals surface area contributed by atoms with Gasteiger partial charge in [0.05, 0.1) is 0 Å². The van der Waals surface area contributed by atoms with Crippen molar-refractivity contribution in [3.8, 4) is 0 Å². The van der Waals surface area contributed by atoms with E-state index in [1.165, 1.54) is 37.7 Å². The van der Waals surface area contributed by atoms with Crippen LogP contribution in [0.1, 0.15) is 50.5 Å². The molecule has 1 saturated carbocycles. The zero-order valence-electron chi connectivity index (χ0n) is 10.8. The third-order valence-corrected chi connectivity index (χ3v) is 4.56. The topological polar surface area (TPSA) is 33.1 Å². The second-order valence-corrected chi connectivity index (χ2v) is 5.62. The lowest BCUT2D eigenvalue weighted by atomic mass is 9.72. The molecule has 96 valence electrons. The lowest BCUT2D eigenvalue weighted by Crippen LogP contribution is -2.36. The summed E-state index contributed by atoms with van der Waals surface area (Å²) in [5, 5.41) is 7.85. The van der Waals surface area contributed by atoms with Gasteiger partial charge in [0.25, 0.3) is 0 Å². The van der Waals surface area contributed by atoms with Crippen LogP contribution in [-0.4, -0.2) is 5.90 Å². The van der Waals surface area contributed by atoms with E-state index in [2.05, 4.69) is 30.3 Å². The fourth-order valence-corrected chi connectivity index (χ4v) is 3.64. The smallest absolute Gasteiger partial charge is 0.181 e. The first-order valence-corrected chi connectivity index (χ1v) is 7.13. The van der Waals surface area contributed by atoms with Crippen molar-refractivity contribution in [1.29, 1.82) is 5.41 Å². The molecule has 3 rings (SSSR count). The van der Waals surface area contributed by atoms with Gasteiger partial charge < -0.3 is 4.74 Å². The summed E-state index contributed by atoms with van der Waals surface area (Å²) >= 11 is 0. The molecule has 1 aliphatic carbocycles. The van der Waals surface area contributed by atoms with Crippen molar-refractivity contribution in [3.63, 3.8) is 0 Å². The zero-order chi connectivity index (χ0) is 12.4. The number of hydrogen-bond donors (Lipinski definition) is 1. The van der Waals surface area contributed by atoms with Crippen LogP contribution in [0.4, 0.5) is 0 Å². The van der Waals surface area contributed by atoms with Gasteiger partial charge in [-0.3, -0.25) is 5.41 Å². The molecule has 1 atom stereocenters. The van der Waals surface area contributed by atoms with Crippen LogP contribution in [0.15, 0.2) is 30.3 Å². The Morgan fingerprint density at radius 2 is 1.78 bits per heavy atom. The van der Waals surface area contributed by atoms with E-state index in [-0.39, 0.29) is 5.60 Å². The fourth-order valence-electron chi connectivity index (χ4n) is 3.64. The summed E-state index contributed by atoms with van der Waals surface area (Å²) in [5.74, 6) is 1.07. The molecule has 1 aromatic carbocycles. The molecule has 1 unspecified atom stereocenters. The molecule has 0 bridgehead atoms. The van der Waals surface area contributed by atoms with Gasteiger partial charge in [0.2, 0.25) is 0 Å². The van der Waals surface area contributed by atoms with Crippen LogP contribution in [0, 0.1) is 11.3 Å². The third-order valence-electron chi connectivity index (χ3n) is 4.56. The van der Waals surface area contributed by atoms with Crippen molar-refractivity contribution >= 4 is 5.90 Å². The standard InChI is InChI=1S/C16H21NO/c17-15-11-12-16(18-15,13-7-3-1-4-8-13)14-9-5-2-6-10-14/h1,3-4,7-8,14,17H,2,5-6,9-12H2. The first-order valence-electron chi connectivity index (χ1n) is 7.13. The molecule has 1 saturated heterocycles. The number of nitrogens with one attached hydrogen (secondary N) is 1. The maximum absolute atomic E-state index is 7.85. The number of ether oxygens (including phenoxy) is 1. The van der Waals surface area contributed by atoms with Crippen LogP contribution < -0.4 is 0 Å². The van der Waals surface area contributed by atoms with E-state index in [0.717, 1.165) is 12.8 Å². The van der Waals surface area contributed by atoms with Gasteiger partial charge in [-0.2, -0.15) is 0 Å². The largest absolute Gasteiger partial charge is 0.470 e. The van der Waals surface area contributed by atoms with Gasteiger partial charge in [0.15, 0.2) is 5.90 Å². The lowest BCUT2D eigenvalue weighted by molar-refractivity contribution is -0.00618. The molecule has 2 fully saturated rings. The molecule has 2 heteroatoms. The van der Waals surface area contributed by atoms with Crippen LogP contribution in [0.2, 0.25) is 0 Å². The molecule has 0 amide bonds. The van der Waals surface area contributed by atoms with Gasteiger partial charge >= 0.3 is 0 Å². The highest BCUT2D eigenvalue weighted by molar-refractivity contribution is 5.75. The van der Waals surface area contributed by atoms with Gasteiger partial charge in [0, 0.05) is 18.8 Å². The summed E-state index contributed by atoms with van der Waals surface area (Å²) in [6, 6.07) is 10.6. The molecule has 0 radical (unpaired) electrons. The van der Waals surface area contributed by atoms with Crippen molar-refractivity contribution in [3.05, 3.63) is 35.9 Å². The van der Waals surface area contributed by atoms with Crippen LogP contribution in [-0.2, 0) is 10.3 Å². The van der Waals surface area contributed by atoms with E-state index in [9.17, 15) is 0 Å². The fraction of sp³-hybridized carbons (Fsp3) is 0.562. The van der Waals surface area contributed by atoms with E-state index in [0.29, 0.717) is 11.8 Å². The molecule has 2 nitrogen and oxygen atoms in total. The highest BCUT2D eigenvalue weighted by atomic mass is 16.5.